The van der Waals surface area contributed by atoms with Crippen LogP contribution in [0.15, 0.2) is 24.3 Å². The van der Waals surface area contributed by atoms with E-state index >= 15 is 0 Å². The Labute approximate surface area is 126 Å². The fourth-order valence-electron chi connectivity index (χ4n) is 3.34. The zero-order valence-corrected chi connectivity index (χ0v) is 12.6. The van der Waals surface area contributed by atoms with Gasteiger partial charge in [-0.2, -0.15) is 0 Å². The number of rotatable bonds is 2. The molecule has 114 valence electrons. The van der Waals surface area contributed by atoms with Gasteiger partial charge in [0, 0.05) is 25.7 Å². The molecule has 1 amide bonds. The summed E-state index contributed by atoms with van der Waals surface area (Å²) in [5.74, 6) is 0.153. The molecule has 2 fully saturated rings. The second-order valence-electron chi connectivity index (χ2n) is 6.28. The van der Waals surface area contributed by atoms with E-state index in [2.05, 4.69) is 31.2 Å². The van der Waals surface area contributed by atoms with E-state index in [-0.39, 0.29) is 24.0 Å². The van der Waals surface area contributed by atoms with E-state index in [1.807, 2.05) is 4.90 Å². The highest BCUT2D eigenvalue weighted by atomic mass is 16.5. The van der Waals surface area contributed by atoms with E-state index in [4.69, 9.17) is 10.5 Å². The molecule has 0 aliphatic carbocycles. The third-order valence-electron chi connectivity index (χ3n) is 4.58. The van der Waals surface area contributed by atoms with Crippen LogP contribution in [0.1, 0.15) is 36.5 Å². The molecule has 2 saturated heterocycles. The molecule has 0 saturated carbocycles. The summed E-state index contributed by atoms with van der Waals surface area (Å²) in [5, 5.41) is 0. The maximum absolute atomic E-state index is 12.8. The van der Waals surface area contributed by atoms with Crippen molar-refractivity contribution >= 4 is 5.91 Å². The Hall–Kier alpha value is -1.39. The Balaban J connectivity index is 1.78. The van der Waals surface area contributed by atoms with Crippen molar-refractivity contribution in [3.8, 4) is 0 Å². The number of nitrogens with zero attached hydrogens (tertiary/aromatic N) is 1. The molecule has 0 spiro atoms. The molecule has 3 atom stereocenters. The van der Waals surface area contributed by atoms with Crippen molar-refractivity contribution in [2.45, 2.75) is 38.3 Å². The number of aryl methyl sites for hydroxylation is 1. The molecule has 1 aromatic rings. The number of benzene rings is 1. The third kappa shape index (κ3) is 3.11. The molecule has 4 heteroatoms. The first-order chi connectivity index (χ1) is 10.1. The van der Waals surface area contributed by atoms with Crippen molar-refractivity contribution in [2.75, 3.05) is 19.7 Å². The highest BCUT2D eigenvalue weighted by Gasteiger charge is 2.37. The van der Waals surface area contributed by atoms with Gasteiger partial charge in [-0.25, -0.2) is 0 Å². The van der Waals surface area contributed by atoms with Gasteiger partial charge in [0.2, 0.25) is 5.91 Å². The average molecular weight is 288 g/mol. The Bertz CT molecular complexity index is 500. The van der Waals surface area contributed by atoms with Crippen molar-refractivity contribution in [3.05, 3.63) is 35.4 Å². The largest absolute Gasteiger partial charge is 0.373 e. The number of likely N-dealkylation sites (tertiary alicyclic amines) is 1. The van der Waals surface area contributed by atoms with Gasteiger partial charge in [-0.05, 0) is 31.7 Å². The lowest BCUT2D eigenvalue weighted by Gasteiger charge is -2.33. The predicted molar refractivity (Wildman–Crippen MR) is 81.8 cm³/mol. The van der Waals surface area contributed by atoms with Gasteiger partial charge < -0.3 is 15.4 Å². The molecular weight excluding hydrogens is 264 g/mol. The molecule has 1 aromatic carbocycles. The van der Waals surface area contributed by atoms with Crippen molar-refractivity contribution < 1.29 is 9.53 Å². The minimum absolute atomic E-state index is 0.0632. The number of carbonyl (C=O) groups excluding carboxylic acids is 1. The molecule has 0 radical (unpaired) electrons. The summed E-state index contributed by atoms with van der Waals surface area (Å²) < 4.78 is 5.95. The van der Waals surface area contributed by atoms with Crippen LogP contribution >= 0.6 is 0 Å². The molecule has 0 unspecified atom stereocenters. The Kier molecular flexibility index (Phi) is 4.27. The first-order valence-corrected chi connectivity index (χ1v) is 7.87. The maximum Gasteiger partial charge on any atom is 0.228 e. The van der Waals surface area contributed by atoms with E-state index in [1.54, 1.807) is 0 Å². The van der Waals surface area contributed by atoms with Gasteiger partial charge >= 0.3 is 0 Å². The number of hydrogen-bond donors (Lipinski definition) is 1. The summed E-state index contributed by atoms with van der Waals surface area (Å²) >= 11 is 0. The van der Waals surface area contributed by atoms with Crippen molar-refractivity contribution in [3.63, 3.8) is 0 Å². The summed E-state index contributed by atoms with van der Waals surface area (Å²) in [6.07, 6.45) is 2.67. The summed E-state index contributed by atoms with van der Waals surface area (Å²) in [6, 6.07) is 8.47. The van der Waals surface area contributed by atoms with Gasteiger partial charge in [0.1, 0.15) is 0 Å². The summed E-state index contributed by atoms with van der Waals surface area (Å²) in [4.78, 5) is 14.7. The quantitative estimate of drug-likeness (QED) is 0.906. The lowest BCUT2D eigenvalue weighted by Crippen LogP contribution is -2.40. The normalized spacial score (nSPS) is 29.6. The molecule has 2 aliphatic heterocycles. The van der Waals surface area contributed by atoms with Gasteiger partial charge in [-0.3, -0.25) is 4.79 Å². The first-order valence-electron chi connectivity index (χ1n) is 7.87. The maximum atomic E-state index is 12.8. The van der Waals surface area contributed by atoms with Gasteiger partial charge in [-0.15, -0.1) is 0 Å². The number of hydrogen-bond acceptors (Lipinski definition) is 3. The molecule has 21 heavy (non-hydrogen) atoms. The lowest BCUT2D eigenvalue weighted by atomic mass is 9.88. The fraction of sp³-hybridized carbons (Fsp3) is 0.588. The second-order valence-corrected chi connectivity index (χ2v) is 6.28. The minimum Gasteiger partial charge on any atom is -0.373 e. The van der Waals surface area contributed by atoms with Crippen LogP contribution in [0.2, 0.25) is 0 Å². The van der Waals surface area contributed by atoms with Crippen LogP contribution in [0, 0.1) is 12.8 Å². The molecule has 2 heterocycles. The molecular formula is C17H24N2O2. The van der Waals surface area contributed by atoms with Gasteiger partial charge in [0.15, 0.2) is 0 Å². The van der Waals surface area contributed by atoms with Crippen LogP contribution < -0.4 is 5.73 Å². The summed E-state index contributed by atoms with van der Waals surface area (Å²) in [5.41, 5.74) is 8.27. The van der Waals surface area contributed by atoms with Crippen LogP contribution in [0.5, 0.6) is 0 Å². The molecule has 2 N–H and O–H groups in total. The van der Waals surface area contributed by atoms with Crippen molar-refractivity contribution in [2.24, 2.45) is 11.7 Å². The molecule has 4 nitrogen and oxygen atoms in total. The SMILES string of the molecule is Cc1ccc([C@H]2OCCC[C@H]2C(=O)N2CC[C@@H](N)C2)cc1. The van der Waals surface area contributed by atoms with E-state index in [1.165, 1.54) is 5.56 Å². The van der Waals surface area contributed by atoms with Crippen LogP contribution in [0.25, 0.3) is 0 Å². The number of ether oxygens (including phenoxy) is 1. The third-order valence-corrected chi connectivity index (χ3v) is 4.58. The first kappa shape index (κ1) is 14.5. The lowest BCUT2D eigenvalue weighted by molar-refractivity contribution is -0.144. The van der Waals surface area contributed by atoms with E-state index in [0.717, 1.165) is 38.0 Å². The standard InChI is InChI=1S/C17H24N2O2/c1-12-4-6-13(7-5-12)16-15(3-2-10-21-16)17(20)19-9-8-14(18)11-19/h4-7,14-16H,2-3,8-11,18H2,1H3/t14-,15-,16-/m1/s1. The summed E-state index contributed by atoms with van der Waals surface area (Å²) in [6.45, 7) is 4.29. The highest BCUT2D eigenvalue weighted by Crippen LogP contribution is 2.35. The predicted octanol–water partition coefficient (Wildman–Crippen LogP) is 2.02. The highest BCUT2D eigenvalue weighted by molar-refractivity contribution is 5.80. The van der Waals surface area contributed by atoms with E-state index in [0.29, 0.717) is 6.54 Å². The minimum atomic E-state index is -0.108. The van der Waals surface area contributed by atoms with Crippen LogP contribution in [0.3, 0.4) is 0 Å². The monoisotopic (exact) mass is 288 g/mol. The second kappa shape index (κ2) is 6.16. The van der Waals surface area contributed by atoms with Gasteiger partial charge in [0.05, 0.1) is 12.0 Å². The Morgan fingerprint density at radius 1 is 1.29 bits per heavy atom. The van der Waals surface area contributed by atoms with Gasteiger partial charge in [0.25, 0.3) is 0 Å². The Morgan fingerprint density at radius 2 is 2.05 bits per heavy atom. The van der Waals surface area contributed by atoms with Crippen LogP contribution in [-0.2, 0) is 9.53 Å². The van der Waals surface area contributed by atoms with Crippen LogP contribution in [0.4, 0.5) is 0 Å². The molecule has 3 rings (SSSR count). The molecule has 0 aromatic heterocycles. The average Bonchev–Trinajstić information content (AvgIpc) is 2.94. The smallest absolute Gasteiger partial charge is 0.228 e. The zero-order chi connectivity index (χ0) is 14.8. The topological polar surface area (TPSA) is 55.6 Å². The molecule has 0 bridgehead atoms. The van der Waals surface area contributed by atoms with E-state index < -0.39 is 0 Å². The van der Waals surface area contributed by atoms with Crippen molar-refractivity contribution in [1.82, 2.24) is 4.90 Å². The van der Waals surface area contributed by atoms with Gasteiger partial charge in [-0.1, -0.05) is 29.8 Å². The Morgan fingerprint density at radius 3 is 2.71 bits per heavy atom. The van der Waals surface area contributed by atoms with Crippen molar-refractivity contribution in [1.29, 1.82) is 0 Å². The zero-order valence-electron chi connectivity index (χ0n) is 12.6. The number of nitrogens with two attached hydrogens (primary N) is 1. The van der Waals surface area contributed by atoms with E-state index in [9.17, 15) is 4.79 Å². The fourth-order valence-corrected chi connectivity index (χ4v) is 3.34. The number of carbonyl (C=O) groups is 1. The van der Waals surface area contributed by atoms with Crippen LogP contribution in [-0.4, -0.2) is 36.5 Å². The summed E-state index contributed by atoms with van der Waals surface area (Å²) in [7, 11) is 0. The molecule has 2 aliphatic rings. The number of amides is 1.